The molecule has 5 nitrogen and oxygen atoms in total. The van der Waals surface area contributed by atoms with Gasteiger partial charge in [0.05, 0.1) is 0 Å². The summed E-state index contributed by atoms with van der Waals surface area (Å²) in [6.07, 6.45) is 2.23. The lowest BCUT2D eigenvalue weighted by atomic mass is 10.0. The molecule has 0 spiro atoms. The molecule has 0 atom stereocenters. The van der Waals surface area contributed by atoms with Crippen molar-refractivity contribution in [1.82, 2.24) is 14.9 Å². The largest absolute Gasteiger partial charge is 0.399 e. The molecule has 2 heterocycles. The van der Waals surface area contributed by atoms with Crippen LogP contribution in [0.2, 0.25) is 0 Å². The Labute approximate surface area is 166 Å². The highest BCUT2D eigenvalue weighted by Crippen LogP contribution is 2.22. The normalized spacial score (nSPS) is 15.5. The van der Waals surface area contributed by atoms with Gasteiger partial charge in [-0.15, -0.1) is 0 Å². The summed E-state index contributed by atoms with van der Waals surface area (Å²) in [5.74, 6) is 1.61. The minimum Gasteiger partial charge on any atom is -0.399 e. The summed E-state index contributed by atoms with van der Waals surface area (Å²) in [5, 5.41) is 3.62. The Morgan fingerprint density at radius 2 is 1.79 bits per heavy atom. The van der Waals surface area contributed by atoms with Crippen LogP contribution < -0.4 is 11.1 Å². The van der Waals surface area contributed by atoms with E-state index in [0.29, 0.717) is 6.04 Å². The van der Waals surface area contributed by atoms with Gasteiger partial charge in [0.2, 0.25) is 0 Å². The Morgan fingerprint density at radius 3 is 2.54 bits per heavy atom. The summed E-state index contributed by atoms with van der Waals surface area (Å²) in [5.41, 5.74) is 9.92. The van der Waals surface area contributed by atoms with Crippen molar-refractivity contribution in [3.63, 3.8) is 0 Å². The first-order valence-corrected chi connectivity index (χ1v) is 9.90. The molecule has 0 bridgehead atoms. The molecular formula is C23H27N5. The molecule has 0 aliphatic carbocycles. The number of aryl methyl sites for hydroxylation is 1. The molecule has 0 saturated carbocycles. The van der Waals surface area contributed by atoms with Crippen molar-refractivity contribution in [2.45, 2.75) is 32.4 Å². The van der Waals surface area contributed by atoms with Gasteiger partial charge in [0, 0.05) is 48.7 Å². The lowest BCUT2D eigenvalue weighted by Crippen LogP contribution is -2.38. The van der Waals surface area contributed by atoms with Crippen molar-refractivity contribution in [2.75, 3.05) is 24.1 Å². The van der Waals surface area contributed by atoms with E-state index < -0.39 is 0 Å². The maximum Gasteiger partial charge on any atom is 0.161 e. The Kier molecular flexibility index (Phi) is 5.53. The highest BCUT2D eigenvalue weighted by molar-refractivity contribution is 5.62. The molecule has 0 radical (unpaired) electrons. The number of rotatable bonds is 5. The maximum absolute atomic E-state index is 5.91. The molecule has 1 aliphatic rings. The fourth-order valence-corrected chi connectivity index (χ4v) is 3.74. The van der Waals surface area contributed by atoms with Crippen molar-refractivity contribution in [3.8, 4) is 11.4 Å². The molecule has 1 aliphatic heterocycles. The van der Waals surface area contributed by atoms with E-state index in [0.717, 1.165) is 61.1 Å². The number of benzene rings is 2. The van der Waals surface area contributed by atoms with E-state index in [1.807, 2.05) is 37.3 Å². The predicted octanol–water partition coefficient (Wildman–Crippen LogP) is 4.11. The Hall–Kier alpha value is -2.92. The Balaban J connectivity index is 1.39. The van der Waals surface area contributed by atoms with Gasteiger partial charge in [-0.1, -0.05) is 42.5 Å². The molecule has 1 saturated heterocycles. The Bertz CT molecular complexity index is 917. The van der Waals surface area contributed by atoms with Crippen molar-refractivity contribution in [3.05, 3.63) is 71.9 Å². The van der Waals surface area contributed by atoms with Crippen LogP contribution in [0.25, 0.3) is 11.4 Å². The molecule has 2 aromatic carbocycles. The quantitative estimate of drug-likeness (QED) is 0.659. The zero-order valence-corrected chi connectivity index (χ0v) is 16.3. The van der Waals surface area contributed by atoms with Crippen LogP contribution in [0.15, 0.2) is 60.7 Å². The Morgan fingerprint density at radius 1 is 1.00 bits per heavy atom. The summed E-state index contributed by atoms with van der Waals surface area (Å²) >= 11 is 0. The molecule has 144 valence electrons. The van der Waals surface area contributed by atoms with Crippen LogP contribution in [0.4, 0.5) is 11.5 Å². The van der Waals surface area contributed by atoms with Gasteiger partial charge in [0.15, 0.2) is 5.82 Å². The summed E-state index contributed by atoms with van der Waals surface area (Å²) in [4.78, 5) is 11.8. The first-order valence-electron chi connectivity index (χ1n) is 9.90. The van der Waals surface area contributed by atoms with Crippen molar-refractivity contribution >= 4 is 11.5 Å². The maximum atomic E-state index is 5.91. The summed E-state index contributed by atoms with van der Waals surface area (Å²) in [6, 6.07) is 20.9. The number of nitrogen functional groups attached to an aromatic ring is 1. The smallest absolute Gasteiger partial charge is 0.161 e. The van der Waals surface area contributed by atoms with Gasteiger partial charge >= 0.3 is 0 Å². The summed E-state index contributed by atoms with van der Waals surface area (Å²) in [7, 11) is 0. The molecule has 1 fully saturated rings. The SMILES string of the molecule is Cc1cc(NC2CCN(Cc3ccccc3)CC2)nc(-c2cccc(N)c2)n1. The van der Waals surface area contributed by atoms with E-state index in [1.165, 1.54) is 5.56 Å². The number of nitrogens with zero attached hydrogens (tertiary/aromatic N) is 3. The van der Waals surface area contributed by atoms with Crippen LogP contribution in [0.3, 0.4) is 0 Å². The van der Waals surface area contributed by atoms with Crippen LogP contribution in [0, 0.1) is 6.92 Å². The third-order valence-corrected chi connectivity index (χ3v) is 5.19. The summed E-state index contributed by atoms with van der Waals surface area (Å²) < 4.78 is 0. The monoisotopic (exact) mass is 373 g/mol. The molecule has 0 amide bonds. The fraction of sp³-hybridized carbons (Fsp3) is 0.304. The molecule has 4 rings (SSSR count). The molecule has 1 aromatic heterocycles. The van der Waals surface area contributed by atoms with Crippen molar-refractivity contribution in [2.24, 2.45) is 0 Å². The van der Waals surface area contributed by atoms with Crippen molar-refractivity contribution in [1.29, 1.82) is 0 Å². The van der Waals surface area contributed by atoms with E-state index >= 15 is 0 Å². The average Bonchev–Trinajstić information content (AvgIpc) is 2.70. The summed E-state index contributed by atoms with van der Waals surface area (Å²) in [6.45, 7) is 5.22. The number of hydrogen-bond donors (Lipinski definition) is 2. The van der Waals surface area contributed by atoms with E-state index in [2.05, 4.69) is 45.5 Å². The second kappa shape index (κ2) is 8.40. The molecule has 5 heteroatoms. The van der Waals surface area contributed by atoms with Crippen molar-refractivity contribution < 1.29 is 0 Å². The third-order valence-electron chi connectivity index (χ3n) is 5.19. The number of nitrogens with one attached hydrogen (secondary N) is 1. The lowest BCUT2D eigenvalue weighted by Gasteiger charge is -2.32. The van der Waals surface area contributed by atoms with Crippen LogP contribution in [-0.2, 0) is 6.54 Å². The van der Waals surface area contributed by atoms with Crippen LogP contribution >= 0.6 is 0 Å². The minimum atomic E-state index is 0.440. The lowest BCUT2D eigenvalue weighted by molar-refractivity contribution is 0.211. The van der Waals surface area contributed by atoms with Gasteiger partial charge in [0.25, 0.3) is 0 Å². The fourth-order valence-electron chi connectivity index (χ4n) is 3.74. The van der Waals surface area contributed by atoms with Gasteiger partial charge in [0.1, 0.15) is 5.82 Å². The zero-order chi connectivity index (χ0) is 19.3. The molecule has 3 N–H and O–H groups in total. The van der Waals surface area contributed by atoms with E-state index in [9.17, 15) is 0 Å². The average molecular weight is 374 g/mol. The van der Waals surface area contributed by atoms with E-state index in [1.54, 1.807) is 0 Å². The third kappa shape index (κ3) is 4.67. The molecule has 28 heavy (non-hydrogen) atoms. The van der Waals surface area contributed by atoms with Gasteiger partial charge in [-0.3, -0.25) is 4.90 Å². The molecule has 0 unspecified atom stereocenters. The van der Waals surface area contributed by atoms with E-state index in [4.69, 9.17) is 10.7 Å². The first kappa shape index (κ1) is 18.4. The second-order valence-corrected chi connectivity index (χ2v) is 7.52. The predicted molar refractivity (Wildman–Crippen MR) is 115 cm³/mol. The second-order valence-electron chi connectivity index (χ2n) is 7.52. The number of aromatic nitrogens is 2. The van der Waals surface area contributed by atoms with Gasteiger partial charge in [-0.25, -0.2) is 9.97 Å². The minimum absolute atomic E-state index is 0.440. The number of anilines is 2. The molecule has 3 aromatic rings. The van der Waals surface area contributed by atoms with Crippen LogP contribution in [0.1, 0.15) is 24.1 Å². The standard InChI is InChI=1S/C23H27N5/c1-17-14-22(27-23(25-17)19-8-5-9-20(24)15-19)26-21-10-12-28(13-11-21)16-18-6-3-2-4-7-18/h2-9,14-15,21H,10-13,16,24H2,1H3,(H,25,26,27). The van der Waals surface area contributed by atoms with Crippen LogP contribution in [0.5, 0.6) is 0 Å². The molecular weight excluding hydrogens is 346 g/mol. The van der Waals surface area contributed by atoms with Gasteiger partial charge in [-0.05, 0) is 37.5 Å². The highest BCUT2D eigenvalue weighted by Gasteiger charge is 2.20. The van der Waals surface area contributed by atoms with Gasteiger partial charge in [-0.2, -0.15) is 0 Å². The highest BCUT2D eigenvalue weighted by atomic mass is 15.1. The first-order chi connectivity index (χ1) is 13.7. The van der Waals surface area contributed by atoms with Gasteiger partial charge < -0.3 is 11.1 Å². The number of likely N-dealkylation sites (tertiary alicyclic amines) is 1. The topological polar surface area (TPSA) is 67.1 Å². The number of piperidine rings is 1. The van der Waals surface area contributed by atoms with E-state index in [-0.39, 0.29) is 0 Å². The zero-order valence-electron chi connectivity index (χ0n) is 16.3. The van der Waals surface area contributed by atoms with Crippen LogP contribution in [-0.4, -0.2) is 34.0 Å². The number of nitrogens with two attached hydrogens (primary N) is 1. The number of hydrogen-bond acceptors (Lipinski definition) is 5.